The zero-order valence-corrected chi connectivity index (χ0v) is 22.0. The third-order valence-corrected chi connectivity index (χ3v) is 8.16. The summed E-state index contributed by atoms with van der Waals surface area (Å²) >= 11 is 0. The molecule has 10 nitrogen and oxygen atoms in total. The van der Waals surface area contributed by atoms with E-state index in [4.69, 9.17) is 0 Å². The van der Waals surface area contributed by atoms with E-state index in [1.807, 2.05) is 50.3 Å². The average molecular weight is 511 g/mol. The molecule has 0 spiro atoms. The number of aliphatic hydroxyl groups is 1. The Balaban J connectivity index is 1.69. The van der Waals surface area contributed by atoms with Crippen LogP contribution in [-0.2, 0) is 21.1 Å². The Kier molecular flexibility index (Phi) is 8.26. The van der Waals surface area contributed by atoms with Gasteiger partial charge < -0.3 is 20.6 Å². The zero-order chi connectivity index (χ0) is 26.7. The van der Waals surface area contributed by atoms with Crippen LogP contribution >= 0.6 is 0 Å². The minimum absolute atomic E-state index is 0.0301. The number of rotatable bonds is 10. The van der Waals surface area contributed by atoms with Crippen molar-refractivity contribution in [3.8, 4) is 0 Å². The number of likely N-dealkylation sites (tertiary alicyclic amines) is 1. The number of amides is 3. The predicted molar refractivity (Wildman–Crippen MR) is 139 cm³/mol. The van der Waals surface area contributed by atoms with Gasteiger partial charge in [-0.15, -0.1) is 5.10 Å². The van der Waals surface area contributed by atoms with E-state index < -0.39 is 29.8 Å². The molecule has 3 N–H and O–H groups in total. The van der Waals surface area contributed by atoms with Crippen LogP contribution in [0.5, 0.6) is 0 Å². The van der Waals surface area contributed by atoms with E-state index in [9.17, 15) is 19.5 Å². The SMILES string of the molecule is CCC[C@@H]1C=C[C@H]2[C@H](C(=O)N([C@@H](CO)[C@@H](C)CC)[C@@H]2C(=O)NCn2nnc3ccccc32)[C@@H]1C(=O)NC. The number of carbonyl (C=O) groups is 3. The summed E-state index contributed by atoms with van der Waals surface area (Å²) < 4.78 is 1.60. The molecule has 1 aliphatic carbocycles. The van der Waals surface area contributed by atoms with E-state index in [1.165, 1.54) is 0 Å². The third-order valence-electron chi connectivity index (χ3n) is 8.16. The van der Waals surface area contributed by atoms with Gasteiger partial charge in [-0.1, -0.05) is 63.1 Å². The highest BCUT2D eigenvalue weighted by atomic mass is 16.3. The van der Waals surface area contributed by atoms with Gasteiger partial charge in [0.15, 0.2) is 0 Å². The number of allylic oxidation sites excluding steroid dienone is 1. The van der Waals surface area contributed by atoms with Crippen LogP contribution in [0, 0.1) is 29.6 Å². The van der Waals surface area contributed by atoms with Crippen LogP contribution in [0.15, 0.2) is 36.4 Å². The molecule has 7 atom stereocenters. The van der Waals surface area contributed by atoms with Gasteiger partial charge in [0.25, 0.3) is 0 Å². The largest absolute Gasteiger partial charge is 0.394 e. The second-order valence-electron chi connectivity index (χ2n) is 10.2. The van der Waals surface area contributed by atoms with Gasteiger partial charge in [-0.25, -0.2) is 4.68 Å². The second-order valence-corrected chi connectivity index (χ2v) is 10.2. The summed E-state index contributed by atoms with van der Waals surface area (Å²) in [5.41, 5.74) is 1.50. The van der Waals surface area contributed by atoms with Crippen molar-refractivity contribution in [3.05, 3.63) is 36.4 Å². The van der Waals surface area contributed by atoms with E-state index in [2.05, 4.69) is 27.9 Å². The molecule has 0 bridgehead atoms. The van der Waals surface area contributed by atoms with Gasteiger partial charge in [0.1, 0.15) is 18.2 Å². The van der Waals surface area contributed by atoms with Crippen LogP contribution in [0.25, 0.3) is 11.0 Å². The van der Waals surface area contributed by atoms with Crippen molar-refractivity contribution in [2.45, 2.75) is 58.8 Å². The minimum atomic E-state index is -0.843. The fourth-order valence-corrected chi connectivity index (χ4v) is 6.04. The molecular formula is C27H38N6O4. The summed E-state index contributed by atoms with van der Waals surface area (Å²) in [7, 11) is 1.58. The van der Waals surface area contributed by atoms with Crippen LogP contribution in [0.4, 0.5) is 0 Å². The molecule has 0 saturated carbocycles. The van der Waals surface area contributed by atoms with Crippen LogP contribution < -0.4 is 10.6 Å². The molecule has 1 aromatic carbocycles. The molecule has 3 amide bonds. The Labute approximate surface area is 217 Å². The molecule has 2 aromatic rings. The number of fused-ring (bicyclic) bond motifs is 2. The fourth-order valence-electron chi connectivity index (χ4n) is 6.04. The maximum Gasteiger partial charge on any atom is 0.244 e. The van der Waals surface area contributed by atoms with E-state index in [0.717, 1.165) is 30.3 Å². The van der Waals surface area contributed by atoms with E-state index in [0.29, 0.717) is 0 Å². The molecule has 0 unspecified atom stereocenters. The van der Waals surface area contributed by atoms with Gasteiger partial charge in [-0.05, 0) is 30.4 Å². The summed E-state index contributed by atoms with van der Waals surface area (Å²) in [6, 6.07) is 6.09. The molecular weight excluding hydrogens is 472 g/mol. The van der Waals surface area contributed by atoms with Crippen molar-refractivity contribution in [1.82, 2.24) is 30.5 Å². The first-order chi connectivity index (χ1) is 17.9. The lowest BCUT2D eigenvalue weighted by molar-refractivity contribution is -0.144. The van der Waals surface area contributed by atoms with E-state index >= 15 is 0 Å². The number of nitrogens with zero attached hydrogens (tertiary/aromatic N) is 4. The lowest BCUT2D eigenvalue weighted by Crippen LogP contribution is -2.54. The van der Waals surface area contributed by atoms with Crippen molar-refractivity contribution in [1.29, 1.82) is 0 Å². The third kappa shape index (κ3) is 4.86. The standard InChI is InChI=1S/C27H38N6O4/c1-5-9-17-12-13-18-23(22(17)25(35)28-4)27(37)33(21(14-34)16(3)6-2)24(18)26(36)29-15-32-20-11-8-7-10-19(20)30-31-32/h7-8,10-13,16-18,21-24,34H,5-6,9,14-15H2,1-4H3,(H,28,35)(H,29,36)/t16-,17+,18-,21-,22+,23-,24-/m0/s1. The molecule has 1 fully saturated rings. The Morgan fingerprint density at radius 3 is 2.59 bits per heavy atom. The van der Waals surface area contributed by atoms with Crippen molar-refractivity contribution >= 4 is 28.8 Å². The highest BCUT2D eigenvalue weighted by molar-refractivity contribution is 5.97. The molecule has 10 heteroatoms. The number of aromatic nitrogens is 3. The molecule has 200 valence electrons. The molecule has 2 heterocycles. The number of benzene rings is 1. The summed E-state index contributed by atoms with van der Waals surface area (Å²) in [5.74, 6) is -2.59. The van der Waals surface area contributed by atoms with Crippen LogP contribution in [0.2, 0.25) is 0 Å². The number of para-hydroxylation sites is 1. The number of carbonyl (C=O) groups excluding carboxylic acids is 3. The second kappa shape index (κ2) is 11.4. The van der Waals surface area contributed by atoms with Crippen molar-refractivity contribution < 1.29 is 19.5 Å². The lowest BCUT2D eigenvalue weighted by atomic mass is 9.68. The zero-order valence-electron chi connectivity index (χ0n) is 22.0. The fraction of sp³-hybridized carbons (Fsp3) is 0.593. The Hall–Kier alpha value is -3.27. The smallest absolute Gasteiger partial charge is 0.244 e. The normalized spacial score (nSPS) is 26.7. The summed E-state index contributed by atoms with van der Waals surface area (Å²) in [5, 5.41) is 24.3. The summed E-state index contributed by atoms with van der Waals surface area (Å²) in [6.07, 6.45) is 6.33. The van der Waals surface area contributed by atoms with E-state index in [1.54, 1.807) is 16.6 Å². The highest BCUT2D eigenvalue weighted by Crippen LogP contribution is 2.46. The molecule has 1 aliphatic heterocycles. The monoisotopic (exact) mass is 510 g/mol. The van der Waals surface area contributed by atoms with Gasteiger partial charge in [0, 0.05) is 13.0 Å². The Morgan fingerprint density at radius 1 is 1.16 bits per heavy atom. The van der Waals surface area contributed by atoms with Crippen molar-refractivity contribution in [2.75, 3.05) is 13.7 Å². The van der Waals surface area contributed by atoms with Crippen molar-refractivity contribution in [2.24, 2.45) is 29.6 Å². The minimum Gasteiger partial charge on any atom is -0.394 e. The summed E-state index contributed by atoms with van der Waals surface area (Å²) in [4.78, 5) is 42.5. The van der Waals surface area contributed by atoms with E-state index in [-0.39, 0.29) is 42.8 Å². The van der Waals surface area contributed by atoms with Gasteiger partial charge in [-0.2, -0.15) is 0 Å². The predicted octanol–water partition coefficient (Wildman–Crippen LogP) is 1.70. The maximum atomic E-state index is 14.1. The first kappa shape index (κ1) is 26.8. The Bertz CT molecular complexity index is 1160. The number of nitrogens with one attached hydrogen (secondary N) is 2. The topological polar surface area (TPSA) is 129 Å². The molecule has 1 aromatic heterocycles. The molecule has 0 radical (unpaired) electrons. The maximum absolute atomic E-state index is 14.1. The first-order valence-electron chi connectivity index (χ1n) is 13.3. The number of hydrogen-bond donors (Lipinski definition) is 3. The average Bonchev–Trinajstić information content (AvgIpc) is 3.46. The highest BCUT2D eigenvalue weighted by Gasteiger charge is 2.58. The van der Waals surface area contributed by atoms with Crippen LogP contribution in [-0.4, -0.2) is 68.5 Å². The molecule has 2 aliphatic rings. The summed E-state index contributed by atoms with van der Waals surface area (Å²) in [6.45, 7) is 5.85. The number of hydrogen-bond acceptors (Lipinski definition) is 6. The molecule has 1 saturated heterocycles. The lowest BCUT2D eigenvalue weighted by Gasteiger charge is -2.36. The van der Waals surface area contributed by atoms with Gasteiger partial charge in [-0.3, -0.25) is 14.4 Å². The van der Waals surface area contributed by atoms with Crippen molar-refractivity contribution in [3.63, 3.8) is 0 Å². The quantitative estimate of drug-likeness (QED) is 0.417. The van der Waals surface area contributed by atoms with Gasteiger partial charge in [0.2, 0.25) is 17.7 Å². The van der Waals surface area contributed by atoms with Crippen LogP contribution in [0.3, 0.4) is 0 Å². The van der Waals surface area contributed by atoms with Gasteiger partial charge >= 0.3 is 0 Å². The first-order valence-corrected chi connectivity index (χ1v) is 13.3. The molecule has 37 heavy (non-hydrogen) atoms. The van der Waals surface area contributed by atoms with Gasteiger partial charge in [0.05, 0.1) is 30.0 Å². The van der Waals surface area contributed by atoms with Crippen LogP contribution in [0.1, 0.15) is 40.0 Å². The molecule has 4 rings (SSSR count). The Morgan fingerprint density at radius 2 is 1.92 bits per heavy atom. The number of aliphatic hydroxyl groups excluding tert-OH is 1.